The van der Waals surface area contributed by atoms with Gasteiger partial charge in [-0.25, -0.2) is 0 Å². The van der Waals surface area contributed by atoms with Crippen LogP contribution in [0, 0.1) is 0 Å². The monoisotopic (exact) mass is 222 g/mol. The molecule has 1 rings (SSSR count). The Labute approximate surface area is 93.5 Å². The minimum atomic E-state index is -0.613. The van der Waals surface area contributed by atoms with Crippen LogP contribution >= 0.6 is 0 Å². The van der Waals surface area contributed by atoms with Crippen LogP contribution in [0.25, 0.3) is 0 Å². The first-order valence-electron chi connectivity index (χ1n) is 4.88. The van der Waals surface area contributed by atoms with Gasteiger partial charge in [-0.2, -0.15) is 0 Å². The molecule has 0 radical (unpaired) electrons. The zero-order valence-electron chi connectivity index (χ0n) is 9.03. The summed E-state index contributed by atoms with van der Waals surface area (Å²) in [6.07, 6.45) is 2.97. The number of carbonyl (C=O) groups excluding carboxylic acids is 2. The van der Waals surface area contributed by atoms with E-state index in [2.05, 4.69) is 17.2 Å². The first-order chi connectivity index (χ1) is 7.65. The van der Waals surface area contributed by atoms with E-state index in [0.29, 0.717) is 6.54 Å². The highest BCUT2D eigenvalue weighted by molar-refractivity contribution is 5.95. The van der Waals surface area contributed by atoms with Crippen LogP contribution in [0.4, 0.5) is 0 Å². The Balaban J connectivity index is 2.45. The van der Waals surface area contributed by atoms with Gasteiger partial charge in [-0.3, -0.25) is 9.59 Å². The molecule has 2 amide bonds. The minimum Gasteiger partial charge on any atom is -0.459 e. The molecule has 1 atom stereocenters. The lowest BCUT2D eigenvalue weighted by atomic mass is 10.3. The maximum absolute atomic E-state index is 11.5. The van der Waals surface area contributed by atoms with Crippen molar-refractivity contribution in [3.05, 3.63) is 36.8 Å². The molecule has 5 nitrogen and oxygen atoms in total. The van der Waals surface area contributed by atoms with Crippen molar-refractivity contribution in [3.8, 4) is 0 Å². The van der Waals surface area contributed by atoms with Crippen LogP contribution in [0.2, 0.25) is 0 Å². The van der Waals surface area contributed by atoms with Crippen molar-refractivity contribution in [2.24, 2.45) is 0 Å². The maximum atomic E-state index is 11.5. The number of rotatable bonds is 5. The molecule has 1 aromatic rings. The standard InChI is InChI=1S/C11H14N2O3/c1-3-6-12-10(14)8(2)13-11(15)9-5-4-7-16-9/h3-5,7-8H,1,6H2,2H3,(H,12,14)(H,13,15)/t8-/m0/s1. The number of nitrogens with one attached hydrogen (secondary N) is 2. The van der Waals surface area contributed by atoms with E-state index in [1.165, 1.54) is 12.3 Å². The van der Waals surface area contributed by atoms with Crippen molar-refractivity contribution in [2.45, 2.75) is 13.0 Å². The van der Waals surface area contributed by atoms with Gasteiger partial charge in [0.15, 0.2) is 5.76 Å². The highest BCUT2D eigenvalue weighted by atomic mass is 16.3. The molecule has 0 saturated carbocycles. The van der Waals surface area contributed by atoms with Crippen LogP contribution < -0.4 is 10.6 Å². The molecule has 0 aliphatic rings. The molecule has 0 saturated heterocycles. The summed E-state index contributed by atoms with van der Waals surface area (Å²) < 4.78 is 4.90. The molecule has 2 N–H and O–H groups in total. The predicted molar refractivity (Wildman–Crippen MR) is 58.8 cm³/mol. The lowest BCUT2D eigenvalue weighted by Crippen LogP contribution is -2.44. The maximum Gasteiger partial charge on any atom is 0.287 e. The average molecular weight is 222 g/mol. The number of amides is 2. The third-order valence-electron chi connectivity index (χ3n) is 1.91. The quantitative estimate of drug-likeness (QED) is 0.720. The molecule has 0 bridgehead atoms. The molecule has 5 heteroatoms. The van der Waals surface area contributed by atoms with Gasteiger partial charge in [0.2, 0.25) is 5.91 Å². The van der Waals surface area contributed by atoms with Gasteiger partial charge in [0, 0.05) is 6.54 Å². The fraction of sp³-hybridized carbons (Fsp3) is 0.273. The first-order valence-corrected chi connectivity index (χ1v) is 4.88. The number of carbonyl (C=O) groups is 2. The lowest BCUT2D eigenvalue weighted by Gasteiger charge is -2.12. The Bertz CT molecular complexity index is 371. The summed E-state index contributed by atoms with van der Waals surface area (Å²) in [5.74, 6) is -0.491. The lowest BCUT2D eigenvalue weighted by molar-refractivity contribution is -0.122. The fourth-order valence-corrected chi connectivity index (χ4v) is 1.07. The van der Waals surface area contributed by atoms with E-state index >= 15 is 0 Å². The zero-order valence-corrected chi connectivity index (χ0v) is 9.03. The van der Waals surface area contributed by atoms with E-state index in [4.69, 9.17) is 4.42 Å². The van der Waals surface area contributed by atoms with Crippen molar-refractivity contribution < 1.29 is 14.0 Å². The smallest absolute Gasteiger partial charge is 0.287 e. The minimum absolute atomic E-state index is 0.184. The van der Waals surface area contributed by atoms with E-state index in [9.17, 15) is 9.59 Å². The van der Waals surface area contributed by atoms with Gasteiger partial charge < -0.3 is 15.1 Å². The van der Waals surface area contributed by atoms with E-state index < -0.39 is 11.9 Å². The normalized spacial score (nSPS) is 11.6. The van der Waals surface area contributed by atoms with Gasteiger partial charge in [0.25, 0.3) is 5.91 Å². The van der Waals surface area contributed by atoms with Gasteiger partial charge in [0.1, 0.15) is 6.04 Å². The summed E-state index contributed by atoms with van der Waals surface area (Å²) in [5.41, 5.74) is 0. The van der Waals surface area contributed by atoms with E-state index in [-0.39, 0.29) is 11.7 Å². The van der Waals surface area contributed by atoms with E-state index in [0.717, 1.165) is 0 Å². The highest BCUT2D eigenvalue weighted by Gasteiger charge is 2.16. The van der Waals surface area contributed by atoms with Gasteiger partial charge >= 0.3 is 0 Å². The van der Waals surface area contributed by atoms with Crippen LogP contribution in [0.15, 0.2) is 35.5 Å². The number of furan rings is 1. The zero-order chi connectivity index (χ0) is 12.0. The largest absolute Gasteiger partial charge is 0.459 e. The average Bonchev–Trinajstić information content (AvgIpc) is 2.79. The second-order valence-electron chi connectivity index (χ2n) is 3.21. The Morgan fingerprint density at radius 3 is 2.94 bits per heavy atom. The topological polar surface area (TPSA) is 71.3 Å². The molecular formula is C11H14N2O3. The Kier molecular flexibility index (Phi) is 4.32. The summed E-state index contributed by atoms with van der Waals surface area (Å²) >= 11 is 0. The van der Waals surface area contributed by atoms with Crippen molar-refractivity contribution in [1.29, 1.82) is 0 Å². The molecule has 86 valence electrons. The van der Waals surface area contributed by atoms with Crippen LogP contribution in [0.5, 0.6) is 0 Å². The van der Waals surface area contributed by atoms with Crippen LogP contribution in [-0.2, 0) is 4.79 Å². The Morgan fingerprint density at radius 2 is 2.38 bits per heavy atom. The van der Waals surface area contributed by atoms with E-state index in [1.54, 1.807) is 19.1 Å². The number of hydrogen-bond acceptors (Lipinski definition) is 3. The Hall–Kier alpha value is -2.04. The molecule has 0 unspecified atom stereocenters. The van der Waals surface area contributed by atoms with Crippen LogP contribution in [0.3, 0.4) is 0 Å². The molecule has 1 aromatic heterocycles. The highest BCUT2D eigenvalue weighted by Crippen LogP contribution is 1.99. The second-order valence-corrected chi connectivity index (χ2v) is 3.21. The molecule has 1 heterocycles. The molecule has 0 fully saturated rings. The van der Waals surface area contributed by atoms with Gasteiger partial charge in [-0.05, 0) is 19.1 Å². The molecule has 0 aliphatic carbocycles. The van der Waals surface area contributed by atoms with Crippen molar-refractivity contribution in [2.75, 3.05) is 6.54 Å². The third kappa shape index (κ3) is 3.27. The van der Waals surface area contributed by atoms with Gasteiger partial charge in [-0.15, -0.1) is 6.58 Å². The third-order valence-corrected chi connectivity index (χ3v) is 1.91. The summed E-state index contributed by atoms with van der Waals surface area (Å²) in [7, 11) is 0. The SMILES string of the molecule is C=CCNC(=O)[C@H](C)NC(=O)c1ccco1. The van der Waals surface area contributed by atoms with Crippen molar-refractivity contribution >= 4 is 11.8 Å². The van der Waals surface area contributed by atoms with E-state index in [1.807, 2.05) is 0 Å². The molecule has 0 spiro atoms. The van der Waals surface area contributed by atoms with Crippen LogP contribution in [0.1, 0.15) is 17.5 Å². The molecule has 0 aromatic carbocycles. The summed E-state index contributed by atoms with van der Waals surface area (Å²) in [5, 5.41) is 5.09. The van der Waals surface area contributed by atoms with Crippen molar-refractivity contribution in [3.63, 3.8) is 0 Å². The second kappa shape index (κ2) is 5.75. The summed E-state index contributed by atoms with van der Waals surface area (Å²) in [4.78, 5) is 22.9. The number of hydrogen-bond donors (Lipinski definition) is 2. The van der Waals surface area contributed by atoms with Crippen LogP contribution in [-0.4, -0.2) is 24.4 Å². The summed E-state index contributed by atoms with van der Waals surface area (Å²) in [6.45, 7) is 5.45. The Morgan fingerprint density at radius 1 is 1.62 bits per heavy atom. The predicted octanol–water partition coefficient (Wildman–Crippen LogP) is 0.700. The molecule has 0 aliphatic heterocycles. The molecular weight excluding hydrogens is 208 g/mol. The van der Waals surface area contributed by atoms with Gasteiger partial charge in [-0.1, -0.05) is 6.08 Å². The first kappa shape index (κ1) is 12.0. The van der Waals surface area contributed by atoms with Crippen molar-refractivity contribution in [1.82, 2.24) is 10.6 Å². The fourth-order valence-electron chi connectivity index (χ4n) is 1.07. The molecule has 16 heavy (non-hydrogen) atoms. The summed E-state index contributed by atoms with van der Waals surface area (Å²) in [6, 6.07) is 2.53. The van der Waals surface area contributed by atoms with Gasteiger partial charge in [0.05, 0.1) is 6.26 Å².